The Morgan fingerprint density at radius 2 is 2.10 bits per heavy atom. The van der Waals surface area contributed by atoms with Crippen LogP contribution in [0.25, 0.3) is 0 Å². The van der Waals surface area contributed by atoms with Crippen LogP contribution >= 0.6 is 0 Å². The first-order valence-electron chi connectivity index (χ1n) is 8.50. The number of hydrogen-bond donors (Lipinski definition) is 1. The molecule has 0 radical (unpaired) electrons. The van der Waals surface area contributed by atoms with Crippen molar-refractivity contribution in [1.29, 1.82) is 0 Å². The van der Waals surface area contributed by atoms with Crippen LogP contribution in [0.5, 0.6) is 0 Å². The van der Waals surface area contributed by atoms with Crippen molar-refractivity contribution in [3.8, 4) is 0 Å². The van der Waals surface area contributed by atoms with E-state index in [0.717, 1.165) is 12.5 Å². The number of nitrogens with one attached hydrogen (secondary N) is 1. The van der Waals surface area contributed by atoms with Gasteiger partial charge in [-0.15, -0.1) is 0 Å². The van der Waals surface area contributed by atoms with Crippen molar-refractivity contribution in [2.24, 2.45) is 5.92 Å². The fourth-order valence-corrected chi connectivity index (χ4v) is 3.46. The maximum atomic E-state index is 6.25. The Morgan fingerprint density at radius 1 is 1.29 bits per heavy atom. The van der Waals surface area contributed by atoms with Gasteiger partial charge in [0.2, 0.25) is 0 Å². The predicted octanol–water partition coefficient (Wildman–Crippen LogP) is 4.55. The third-order valence-corrected chi connectivity index (χ3v) is 4.97. The zero-order valence-corrected chi connectivity index (χ0v) is 14.1. The summed E-state index contributed by atoms with van der Waals surface area (Å²) in [4.78, 5) is 0. The molecule has 2 heteroatoms. The summed E-state index contributed by atoms with van der Waals surface area (Å²) in [5.74, 6) is 0.873. The van der Waals surface area contributed by atoms with Gasteiger partial charge < -0.3 is 10.1 Å². The molecule has 2 rings (SSSR count). The SMILES string of the molecule is CCC1CCCC(OCC(NC)c2cc(C)ccc2C)C1. The van der Waals surface area contributed by atoms with Crippen molar-refractivity contribution >= 4 is 0 Å². The van der Waals surface area contributed by atoms with Crippen LogP contribution in [0.4, 0.5) is 0 Å². The molecule has 0 aliphatic heterocycles. The molecule has 0 saturated heterocycles. The fourth-order valence-electron chi connectivity index (χ4n) is 3.46. The highest BCUT2D eigenvalue weighted by molar-refractivity contribution is 5.33. The van der Waals surface area contributed by atoms with Crippen molar-refractivity contribution in [2.45, 2.75) is 65.0 Å². The zero-order chi connectivity index (χ0) is 15.2. The lowest BCUT2D eigenvalue weighted by atomic mass is 9.85. The first-order chi connectivity index (χ1) is 10.1. The molecule has 3 atom stereocenters. The molecule has 1 saturated carbocycles. The van der Waals surface area contributed by atoms with Crippen LogP contribution in [-0.2, 0) is 4.74 Å². The fraction of sp³-hybridized carbons (Fsp3) is 0.684. The summed E-state index contributed by atoms with van der Waals surface area (Å²) in [5.41, 5.74) is 4.04. The third-order valence-electron chi connectivity index (χ3n) is 4.97. The minimum atomic E-state index is 0.298. The van der Waals surface area contributed by atoms with E-state index in [9.17, 15) is 0 Å². The van der Waals surface area contributed by atoms with Crippen molar-refractivity contribution in [2.75, 3.05) is 13.7 Å². The minimum Gasteiger partial charge on any atom is -0.376 e. The standard InChI is InChI=1S/C19H31NO/c1-5-16-7-6-8-17(12-16)21-13-19(20-4)18-11-14(2)9-10-15(18)3/h9-11,16-17,19-20H,5-8,12-13H2,1-4H3. The number of ether oxygens (including phenoxy) is 1. The van der Waals surface area contributed by atoms with Crippen molar-refractivity contribution < 1.29 is 4.74 Å². The Morgan fingerprint density at radius 3 is 2.81 bits per heavy atom. The molecule has 0 aromatic heterocycles. The van der Waals surface area contributed by atoms with E-state index in [1.54, 1.807) is 0 Å². The largest absolute Gasteiger partial charge is 0.376 e. The molecule has 21 heavy (non-hydrogen) atoms. The number of rotatable bonds is 6. The summed E-state index contributed by atoms with van der Waals surface area (Å²) >= 11 is 0. The highest BCUT2D eigenvalue weighted by Gasteiger charge is 2.22. The average molecular weight is 289 g/mol. The lowest BCUT2D eigenvalue weighted by molar-refractivity contribution is 0.00201. The van der Waals surface area contributed by atoms with E-state index in [-0.39, 0.29) is 0 Å². The Kier molecular flexibility index (Phi) is 6.25. The van der Waals surface area contributed by atoms with E-state index in [0.29, 0.717) is 12.1 Å². The maximum absolute atomic E-state index is 6.25. The van der Waals surface area contributed by atoms with Crippen LogP contribution in [0.2, 0.25) is 0 Å². The van der Waals surface area contributed by atoms with Crippen LogP contribution in [0.1, 0.15) is 61.8 Å². The van der Waals surface area contributed by atoms with Gasteiger partial charge in [-0.05, 0) is 50.8 Å². The van der Waals surface area contributed by atoms with Crippen LogP contribution in [0.15, 0.2) is 18.2 Å². The zero-order valence-electron chi connectivity index (χ0n) is 14.1. The molecule has 1 fully saturated rings. The monoisotopic (exact) mass is 289 g/mol. The maximum Gasteiger partial charge on any atom is 0.0665 e. The second-order valence-corrected chi connectivity index (χ2v) is 6.60. The van der Waals surface area contributed by atoms with E-state index in [1.807, 2.05) is 7.05 Å². The second kappa shape index (κ2) is 7.95. The molecule has 1 N–H and O–H groups in total. The summed E-state index contributed by atoms with van der Waals surface area (Å²) in [7, 11) is 2.03. The van der Waals surface area contributed by atoms with Gasteiger partial charge in [0.1, 0.15) is 0 Å². The van der Waals surface area contributed by atoms with E-state index in [2.05, 4.69) is 44.3 Å². The summed E-state index contributed by atoms with van der Waals surface area (Å²) in [6.07, 6.45) is 6.97. The molecule has 3 unspecified atom stereocenters. The first kappa shape index (κ1) is 16.5. The van der Waals surface area contributed by atoms with Gasteiger partial charge >= 0.3 is 0 Å². The average Bonchev–Trinajstić information content (AvgIpc) is 2.51. The van der Waals surface area contributed by atoms with Gasteiger partial charge in [0.25, 0.3) is 0 Å². The third kappa shape index (κ3) is 4.55. The molecule has 2 nitrogen and oxygen atoms in total. The summed E-state index contributed by atoms with van der Waals surface area (Å²) in [5, 5.41) is 3.43. The Bertz CT molecular complexity index is 443. The number of benzene rings is 1. The molecule has 0 spiro atoms. The molecule has 1 aromatic carbocycles. The molecule has 1 aliphatic carbocycles. The molecule has 1 aliphatic rings. The highest BCUT2D eigenvalue weighted by atomic mass is 16.5. The lowest BCUT2D eigenvalue weighted by Crippen LogP contribution is -2.28. The Hall–Kier alpha value is -0.860. The molecule has 1 aromatic rings. The van der Waals surface area contributed by atoms with Gasteiger partial charge in [0.15, 0.2) is 0 Å². The number of aryl methyl sites for hydroxylation is 2. The van der Waals surface area contributed by atoms with Crippen LogP contribution in [0, 0.1) is 19.8 Å². The van der Waals surface area contributed by atoms with Crippen molar-refractivity contribution in [1.82, 2.24) is 5.32 Å². The number of likely N-dealkylation sites (N-methyl/N-ethyl adjacent to an activating group) is 1. The highest BCUT2D eigenvalue weighted by Crippen LogP contribution is 2.29. The van der Waals surface area contributed by atoms with Gasteiger partial charge in [0, 0.05) is 0 Å². The van der Waals surface area contributed by atoms with Crippen LogP contribution in [0.3, 0.4) is 0 Å². The molecular weight excluding hydrogens is 258 g/mol. The Balaban J connectivity index is 1.94. The van der Waals surface area contributed by atoms with Crippen molar-refractivity contribution in [3.63, 3.8) is 0 Å². The second-order valence-electron chi connectivity index (χ2n) is 6.60. The Labute approximate surface area is 130 Å². The molecule has 0 amide bonds. The van der Waals surface area contributed by atoms with Gasteiger partial charge in [-0.3, -0.25) is 0 Å². The van der Waals surface area contributed by atoms with E-state index in [1.165, 1.54) is 48.8 Å². The van der Waals surface area contributed by atoms with Crippen molar-refractivity contribution in [3.05, 3.63) is 34.9 Å². The molecule has 0 bridgehead atoms. The summed E-state index contributed by atoms with van der Waals surface area (Å²) < 4.78 is 6.25. The van der Waals surface area contributed by atoms with Crippen LogP contribution < -0.4 is 5.32 Å². The smallest absolute Gasteiger partial charge is 0.0665 e. The number of hydrogen-bond acceptors (Lipinski definition) is 2. The van der Waals surface area contributed by atoms with Gasteiger partial charge in [-0.25, -0.2) is 0 Å². The topological polar surface area (TPSA) is 21.3 Å². The summed E-state index contributed by atoms with van der Waals surface area (Å²) in [6, 6.07) is 6.98. The van der Waals surface area contributed by atoms with E-state index in [4.69, 9.17) is 4.74 Å². The molecule has 0 heterocycles. The minimum absolute atomic E-state index is 0.298. The molecule has 118 valence electrons. The van der Waals surface area contributed by atoms with Gasteiger partial charge in [-0.1, -0.05) is 49.9 Å². The van der Waals surface area contributed by atoms with E-state index >= 15 is 0 Å². The van der Waals surface area contributed by atoms with Crippen LogP contribution in [-0.4, -0.2) is 19.8 Å². The predicted molar refractivity (Wildman–Crippen MR) is 89.7 cm³/mol. The first-order valence-corrected chi connectivity index (χ1v) is 8.50. The summed E-state index contributed by atoms with van der Waals surface area (Å²) in [6.45, 7) is 7.43. The normalized spacial score (nSPS) is 24.0. The quantitative estimate of drug-likeness (QED) is 0.829. The van der Waals surface area contributed by atoms with E-state index < -0.39 is 0 Å². The molecular formula is C19H31NO. The van der Waals surface area contributed by atoms with Gasteiger partial charge in [-0.2, -0.15) is 0 Å². The lowest BCUT2D eigenvalue weighted by Gasteiger charge is -2.30. The van der Waals surface area contributed by atoms with Gasteiger partial charge in [0.05, 0.1) is 18.8 Å².